The molecule has 30 heteroatoms. The van der Waals surface area contributed by atoms with Gasteiger partial charge in [0.2, 0.25) is 53.2 Å². The Morgan fingerprint density at radius 1 is 0.434 bits per heavy atom. The predicted octanol–water partition coefficient (Wildman–Crippen LogP) is 6.07. The summed E-state index contributed by atoms with van der Waals surface area (Å²) in [6, 6.07) is 28.2. The fourth-order valence-electron chi connectivity index (χ4n) is 13.9. The maximum atomic E-state index is 15.3. The van der Waals surface area contributed by atoms with Crippen LogP contribution in [0.5, 0.6) is 0 Å². The monoisotopic (exact) mass is 1610 g/mol. The van der Waals surface area contributed by atoms with Crippen molar-refractivity contribution in [2.45, 2.75) is 203 Å². The van der Waals surface area contributed by atoms with E-state index in [4.69, 9.17) is 19.9 Å². The third-order valence-corrected chi connectivity index (χ3v) is 23.4. The Hall–Kier alpha value is -9.49. The molecule has 13 N–H and O–H groups in total. The summed E-state index contributed by atoms with van der Waals surface area (Å²) in [5, 5.41) is 38.1. The zero-order chi connectivity index (χ0) is 81.5. The van der Waals surface area contributed by atoms with E-state index in [1.165, 1.54) is 63.0 Å². The first kappa shape index (κ1) is 89.1. The van der Waals surface area contributed by atoms with Crippen molar-refractivity contribution >= 4 is 106 Å². The Morgan fingerprint density at radius 3 is 1.31 bits per heavy atom. The van der Waals surface area contributed by atoms with Gasteiger partial charge in [-0.3, -0.25) is 47.9 Å². The van der Waals surface area contributed by atoms with Crippen LogP contribution in [0.15, 0.2) is 133 Å². The Morgan fingerprint density at radius 2 is 0.832 bits per heavy atom. The van der Waals surface area contributed by atoms with Crippen molar-refractivity contribution in [2.24, 2.45) is 29.4 Å². The summed E-state index contributed by atoms with van der Waals surface area (Å²) < 4.78 is 17.1. The Balaban J connectivity index is 1.04. The van der Waals surface area contributed by atoms with E-state index in [9.17, 15) is 48.3 Å². The van der Waals surface area contributed by atoms with Crippen LogP contribution in [0, 0.1) is 44.4 Å². The van der Waals surface area contributed by atoms with Crippen molar-refractivity contribution < 1.29 is 76.9 Å². The molecule has 113 heavy (non-hydrogen) atoms. The molecule has 9 rings (SSSR count). The molecule has 0 unspecified atom stereocenters. The number of benzene rings is 5. The molecule has 4 aliphatic carbocycles. The number of aryl methyl sites for hydroxylation is 3. The number of nitrogens with two attached hydrogens (primary N) is 1. The van der Waals surface area contributed by atoms with Crippen LogP contribution in [0.25, 0.3) is 0 Å². The molecule has 10 atom stereocenters. The van der Waals surface area contributed by atoms with Gasteiger partial charge in [0.1, 0.15) is 73.7 Å². The molecular formula is C83H109N11O16S3. The SMILES string of the molecule is Cc1ccc(CSC[C@H](NC(=O)[C@H](CSCc2ccc(C)cc2)NC(=O)[C@@H](NC(=O)[C@H](CSCc2ccc(C)cc2)NC(=O)[C@H](CCCCNC(=O)OCc2ccccc2)NC(=O)[C@H](CC(=O)OC2C3CC4CC(C3)CC2C4)NC(=O)[C@H](C)NC(=O)[C@H](C)NC(=O)CN)[C@@H](C)O)C(=O)N[C@@H](C)C(=O)OCc2ccccc2)cc1. The Bertz CT molecular complexity index is 3970. The number of hydrogen-bond acceptors (Lipinski definition) is 20. The molecule has 0 heterocycles. The van der Waals surface area contributed by atoms with Crippen molar-refractivity contribution in [2.75, 3.05) is 30.3 Å². The summed E-state index contributed by atoms with van der Waals surface area (Å²) in [4.78, 5) is 170. The largest absolute Gasteiger partial charge is 0.462 e. The summed E-state index contributed by atoms with van der Waals surface area (Å²) in [5.41, 5.74) is 12.7. The molecule has 610 valence electrons. The zero-order valence-corrected chi connectivity index (χ0v) is 67.6. The smallest absolute Gasteiger partial charge is 0.407 e. The van der Waals surface area contributed by atoms with Crippen molar-refractivity contribution in [1.82, 2.24) is 53.2 Å². The fourth-order valence-corrected chi connectivity index (χ4v) is 16.9. The molecule has 4 fully saturated rings. The molecule has 5 aromatic rings. The number of carbonyl (C=O) groups is 12. The quantitative estimate of drug-likeness (QED) is 0.0119. The number of unbranched alkanes of at least 4 members (excludes halogenated alkanes) is 1. The van der Waals surface area contributed by atoms with E-state index in [-0.39, 0.29) is 68.1 Å². The second kappa shape index (κ2) is 45.4. The lowest BCUT2D eigenvalue weighted by molar-refractivity contribution is -0.171. The number of nitrogens with one attached hydrogen (secondary N) is 10. The van der Waals surface area contributed by atoms with Gasteiger partial charge in [0.05, 0.1) is 19.1 Å². The third-order valence-electron chi connectivity index (χ3n) is 20.1. The number of amides is 10. The van der Waals surface area contributed by atoms with Gasteiger partial charge in [-0.05, 0) is 151 Å². The highest BCUT2D eigenvalue weighted by Gasteiger charge is 2.50. The van der Waals surface area contributed by atoms with Gasteiger partial charge in [0, 0.05) is 41.1 Å². The van der Waals surface area contributed by atoms with Gasteiger partial charge in [-0.2, -0.15) is 35.3 Å². The summed E-state index contributed by atoms with van der Waals surface area (Å²) in [5.74, 6) is -7.11. The third kappa shape index (κ3) is 29.8. The average molecular weight is 1610 g/mol. The molecule has 4 bridgehead atoms. The van der Waals surface area contributed by atoms with Gasteiger partial charge in [-0.15, -0.1) is 0 Å². The van der Waals surface area contributed by atoms with E-state index in [0.29, 0.717) is 29.1 Å². The average Bonchev–Trinajstić information content (AvgIpc) is 0.762. The molecule has 0 aromatic heterocycles. The fraction of sp³-hybridized carbons (Fsp3) is 0.494. The minimum atomic E-state index is -1.81. The van der Waals surface area contributed by atoms with Crippen LogP contribution in [0.3, 0.4) is 0 Å². The van der Waals surface area contributed by atoms with E-state index in [1.807, 2.05) is 106 Å². The number of aliphatic hydroxyl groups excluding tert-OH is 1. The van der Waals surface area contributed by atoms with Crippen molar-refractivity contribution in [1.29, 1.82) is 0 Å². The number of rotatable bonds is 44. The van der Waals surface area contributed by atoms with Crippen LogP contribution < -0.4 is 58.9 Å². The summed E-state index contributed by atoms with van der Waals surface area (Å²) >= 11 is 3.86. The highest BCUT2D eigenvalue weighted by atomic mass is 32.2. The number of carbonyl (C=O) groups excluding carboxylic acids is 12. The zero-order valence-electron chi connectivity index (χ0n) is 65.2. The number of aliphatic hydroxyl groups is 1. The van der Waals surface area contributed by atoms with Crippen LogP contribution in [-0.4, -0.2) is 173 Å². The number of esters is 2. The Kier molecular flexibility index (Phi) is 35.8. The van der Waals surface area contributed by atoms with E-state index in [2.05, 4.69) is 53.2 Å². The molecule has 27 nitrogen and oxygen atoms in total. The lowest BCUT2D eigenvalue weighted by Crippen LogP contribution is -2.62. The Labute approximate surface area is 673 Å². The minimum absolute atomic E-state index is 0.00520. The normalized spacial score (nSPS) is 18.5. The van der Waals surface area contributed by atoms with Crippen LogP contribution in [0.4, 0.5) is 4.79 Å². The second-order valence-electron chi connectivity index (χ2n) is 29.7. The summed E-state index contributed by atoms with van der Waals surface area (Å²) in [6.07, 6.45) is 1.43. The highest BCUT2D eigenvalue weighted by Crippen LogP contribution is 2.54. The molecule has 0 spiro atoms. The predicted molar refractivity (Wildman–Crippen MR) is 433 cm³/mol. The lowest BCUT2D eigenvalue weighted by Gasteiger charge is -2.53. The lowest BCUT2D eigenvalue weighted by atomic mass is 9.55. The standard InChI is InChI=1S/C83H109N11O16S3/c1-49-21-27-58(28-22-49)43-111-46-67(78(102)88-54(6)82(106)108-41-56-16-10-8-11-17-56)92-79(103)68(47-112-44-59-29-23-50(2)24-30-59)93-81(105)72(55(7)95)94-80(104)69(48-113-45-60-31-25-51(3)26-32-60)91-76(100)65(20-14-15-33-85-83(107)109-42-57-18-12-9-13-19-57)89-77(101)66(90-75(99)53(5)87-74(98)52(4)86-70(96)40-84)39-71(97)110-73-63-35-61-34-62(37-63)38-64(73)36-61/h8-13,16-19,21-32,52-55,61-69,72-73,95H,14-15,20,33-48,84H2,1-7H3,(H,85,107)(H,86,96)(H,87,98)(H,88,102)(H,89,101)(H,90,99)(H,91,100)(H,92,103)(H,93,105)(H,94,104)/t52-,53-,54-,55+,61?,62?,63?,64?,65-,66-,67-,68-,69-,72-,73?/m0/s1. The van der Waals surface area contributed by atoms with Crippen molar-refractivity contribution in [3.05, 3.63) is 178 Å². The molecule has 10 amide bonds. The number of alkyl carbamates (subject to hydrolysis) is 1. The van der Waals surface area contributed by atoms with Crippen LogP contribution in [-0.2, 0) is 97.4 Å². The first-order valence-corrected chi connectivity index (χ1v) is 42.0. The van der Waals surface area contributed by atoms with Crippen LogP contribution >= 0.6 is 35.3 Å². The molecular weight excluding hydrogens is 1500 g/mol. The number of hydrogen-bond donors (Lipinski definition) is 12. The van der Waals surface area contributed by atoms with E-state index >= 15 is 14.4 Å². The maximum absolute atomic E-state index is 15.3. The van der Waals surface area contributed by atoms with E-state index < -0.39 is 151 Å². The van der Waals surface area contributed by atoms with Crippen molar-refractivity contribution in [3.8, 4) is 0 Å². The number of ether oxygens (including phenoxy) is 3. The molecule has 4 saturated carbocycles. The molecule has 0 radical (unpaired) electrons. The summed E-state index contributed by atoms with van der Waals surface area (Å²) in [6.45, 7) is 10.8. The van der Waals surface area contributed by atoms with Gasteiger partial charge >= 0.3 is 18.0 Å². The first-order valence-electron chi connectivity index (χ1n) is 38.5. The molecule has 0 saturated heterocycles. The van der Waals surface area contributed by atoms with Gasteiger partial charge in [-0.25, -0.2) is 9.59 Å². The van der Waals surface area contributed by atoms with E-state index in [0.717, 1.165) is 76.6 Å². The van der Waals surface area contributed by atoms with Crippen LogP contribution in [0.2, 0.25) is 0 Å². The van der Waals surface area contributed by atoms with E-state index in [1.54, 1.807) is 48.5 Å². The van der Waals surface area contributed by atoms with Crippen LogP contribution in [0.1, 0.15) is 130 Å². The molecule has 4 aliphatic rings. The highest BCUT2D eigenvalue weighted by molar-refractivity contribution is 7.99. The maximum Gasteiger partial charge on any atom is 0.407 e. The first-order chi connectivity index (χ1) is 54.2. The topological polar surface area (TPSA) is 399 Å². The second-order valence-corrected chi connectivity index (χ2v) is 32.7. The van der Waals surface area contributed by atoms with Gasteiger partial charge in [-0.1, -0.05) is 150 Å². The van der Waals surface area contributed by atoms with Crippen molar-refractivity contribution in [3.63, 3.8) is 0 Å². The summed E-state index contributed by atoms with van der Waals surface area (Å²) in [7, 11) is 0. The molecule has 0 aliphatic heterocycles. The van der Waals surface area contributed by atoms with Gasteiger partial charge < -0.3 is 78.2 Å². The minimum Gasteiger partial charge on any atom is -0.462 e. The molecule has 5 aromatic carbocycles. The number of thioether (sulfide) groups is 3. The van der Waals surface area contributed by atoms with Gasteiger partial charge in [0.15, 0.2) is 0 Å². The van der Waals surface area contributed by atoms with Gasteiger partial charge in [0.25, 0.3) is 0 Å².